The maximum atomic E-state index is 12.0. The number of carbonyl (C=O) groups is 1. The van der Waals surface area contributed by atoms with Crippen molar-refractivity contribution in [1.29, 1.82) is 0 Å². The largest absolute Gasteiger partial charge is 0.384 e. The number of ketones is 1. The van der Waals surface area contributed by atoms with Crippen molar-refractivity contribution in [2.24, 2.45) is 0 Å². The van der Waals surface area contributed by atoms with E-state index in [1.807, 2.05) is 12.1 Å². The van der Waals surface area contributed by atoms with E-state index in [0.717, 1.165) is 18.4 Å². The molecule has 1 N–H and O–H groups in total. The first-order valence-corrected chi connectivity index (χ1v) is 6.28. The molecule has 0 heterocycles. The number of hydrogen-bond donors (Lipinski definition) is 1. The van der Waals surface area contributed by atoms with Crippen molar-refractivity contribution in [3.05, 3.63) is 34.9 Å². The molecule has 18 heavy (non-hydrogen) atoms. The molecule has 0 saturated carbocycles. The third kappa shape index (κ3) is 3.65. The number of rotatable bonds is 6. The van der Waals surface area contributed by atoms with Crippen LogP contribution in [0.1, 0.15) is 42.3 Å². The van der Waals surface area contributed by atoms with Crippen LogP contribution in [0.15, 0.2) is 18.2 Å². The molecule has 0 aromatic heterocycles. The number of benzene rings is 1. The Bertz CT molecular complexity index is 416. The predicted molar refractivity (Wildman–Crippen MR) is 72.0 cm³/mol. The zero-order valence-corrected chi connectivity index (χ0v) is 11.6. The van der Waals surface area contributed by atoms with Crippen LogP contribution >= 0.6 is 0 Å². The molecule has 1 aromatic carbocycles. The minimum Gasteiger partial charge on any atom is -0.384 e. The Kier molecular flexibility index (Phi) is 5.05. The topological polar surface area (TPSA) is 46.5 Å². The van der Waals surface area contributed by atoms with Gasteiger partial charge in [-0.2, -0.15) is 0 Å². The summed E-state index contributed by atoms with van der Waals surface area (Å²) in [6.45, 7) is 5.76. The average Bonchev–Trinajstić information content (AvgIpc) is 2.34. The monoisotopic (exact) mass is 250 g/mol. The summed E-state index contributed by atoms with van der Waals surface area (Å²) in [5, 5.41) is 9.74. The number of Topliss-reactive ketones (excluding diaryl/α,β-unsaturated/α-hetero) is 1. The van der Waals surface area contributed by atoms with Crippen molar-refractivity contribution in [2.75, 3.05) is 13.7 Å². The fraction of sp³-hybridized carbons (Fsp3) is 0.533. The van der Waals surface area contributed by atoms with Gasteiger partial charge in [0.15, 0.2) is 5.78 Å². The smallest absolute Gasteiger partial charge is 0.193 e. The molecule has 3 heteroatoms. The van der Waals surface area contributed by atoms with Gasteiger partial charge >= 0.3 is 0 Å². The molecule has 0 fully saturated rings. The summed E-state index contributed by atoms with van der Waals surface area (Å²) in [4.78, 5) is 12.0. The Balaban J connectivity index is 3.02. The average molecular weight is 250 g/mol. The molecular weight excluding hydrogens is 228 g/mol. The fourth-order valence-corrected chi connectivity index (χ4v) is 1.91. The summed E-state index contributed by atoms with van der Waals surface area (Å²) < 4.78 is 5.07. The van der Waals surface area contributed by atoms with Gasteiger partial charge in [-0.15, -0.1) is 0 Å². The summed E-state index contributed by atoms with van der Waals surface area (Å²) in [6.07, 6.45) is 1.71. The van der Waals surface area contributed by atoms with Gasteiger partial charge in [0.25, 0.3) is 0 Å². The maximum Gasteiger partial charge on any atom is 0.193 e. The standard InChI is InChI=1S/C15H22O3/c1-5-11-10-13(14(16)15(2,3)17)7-6-12(11)8-9-18-4/h6-7,10,17H,5,8-9H2,1-4H3. The van der Waals surface area contributed by atoms with E-state index >= 15 is 0 Å². The van der Waals surface area contributed by atoms with Crippen molar-refractivity contribution in [1.82, 2.24) is 0 Å². The molecule has 0 aliphatic carbocycles. The van der Waals surface area contributed by atoms with Crippen LogP contribution in [0.5, 0.6) is 0 Å². The molecule has 0 atom stereocenters. The highest BCUT2D eigenvalue weighted by molar-refractivity contribution is 6.01. The zero-order chi connectivity index (χ0) is 13.8. The Morgan fingerprint density at radius 2 is 2.00 bits per heavy atom. The lowest BCUT2D eigenvalue weighted by Gasteiger charge is -2.17. The van der Waals surface area contributed by atoms with Crippen LogP contribution in [0.25, 0.3) is 0 Å². The first-order valence-electron chi connectivity index (χ1n) is 6.28. The van der Waals surface area contributed by atoms with E-state index in [2.05, 4.69) is 6.92 Å². The predicted octanol–water partition coefficient (Wildman–Crippen LogP) is 2.39. The first kappa shape index (κ1) is 14.9. The number of carbonyl (C=O) groups excluding carboxylic acids is 1. The number of aliphatic hydroxyl groups is 1. The molecule has 0 saturated heterocycles. The van der Waals surface area contributed by atoms with Crippen molar-refractivity contribution >= 4 is 5.78 Å². The number of aryl methyl sites for hydroxylation is 1. The lowest BCUT2D eigenvalue weighted by Crippen LogP contribution is -2.31. The molecule has 1 aromatic rings. The van der Waals surface area contributed by atoms with Crippen LogP contribution in [-0.2, 0) is 17.6 Å². The number of ether oxygens (including phenoxy) is 1. The molecule has 0 radical (unpaired) electrons. The second kappa shape index (κ2) is 6.12. The SMILES string of the molecule is CCc1cc(C(=O)C(C)(C)O)ccc1CCOC. The van der Waals surface area contributed by atoms with Gasteiger partial charge in [-0.05, 0) is 43.9 Å². The van der Waals surface area contributed by atoms with Gasteiger partial charge < -0.3 is 9.84 Å². The van der Waals surface area contributed by atoms with E-state index in [-0.39, 0.29) is 5.78 Å². The molecule has 100 valence electrons. The van der Waals surface area contributed by atoms with Crippen LogP contribution in [0.4, 0.5) is 0 Å². The molecular formula is C15H22O3. The number of methoxy groups -OCH3 is 1. The second-order valence-electron chi connectivity index (χ2n) is 4.97. The van der Waals surface area contributed by atoms with Crippen LogP contribution in [0.2, 0.25) is 0 Å². The van der Waals surface area contributed by atoms with Crippen molar-refractivity contribution in [3.8, 4) is 0 Å². The van der Waals surface area contributed by atoms with Gasteiger partial charge in [-0.25, -0.2) is 0 Å². The third-order valence-electron chi connectivity index (χ3n) is 2.98. The summed E-state index contributed by atoms with van der Waals surface area (Å²) in [7, 11) is 1.68. The fourth-order valence-electron chi connectivity index (χ4n) is 1.91. The van der Waals surface area contributed by atoms with Gasteiger partial charge in [0.05, 0.1) is 6.61 Å². The van der Waals surface area contributed by atoms with Gasteiger partial charge in [0.1, 0.15) is 5.60 Å². The van der Waals surface area contributed by atoms with Gasteiger partial charge in [-0.1, -0.05) is 19.1 Å². The minimum atomic E-state index is -1.32. The van der Waals surface area contributed by atoms with E-state index in [0.29, 0.717) is 12.2 Å². The molecule has 0 unspecified atom stereocenters. The van der Waals surface area contributed by atoms with Crippen molar-refractivity contribution in [3.63, 3.8) is 0 Å². The minimum absolute atomic E-state index is 0.240. The van der Waals surface area contributed by atoms with E-state index in [9.17, 15) is 9.90 Å². The molecule has 0 bridgehead atoms. The quantitative estimate of drug-likeness (QED) is 0.789. The lowest BCUT2D eigenvalue weighted by molar-refractivity contribution is 0.0488. The van der Waals surface area contributed by atoms with Gasteiger partial charge in [-0.3, -0.25) is 4.79 Å². The summed E-state index contributed by atoms with van der Waals surface area (Å²) in [5.41, 5.74) is 1.59. The highest BCUT2D eigenvalue weighted by Crippen LogP contribution is 2.18. The Labute approximate surface area is 109 Å². The Morgan fingerprint density at radius 1 is 1.33 bits per heavy atom. The zero-order valence-electron chi connectivity index (χ0n) is 11.6. The van der Waals surface area contributed by atoms with E-state index < -0.39 is 5.60 Å². The Hall–Kier alpha value is -1.19. The van der Waals surface area contributed by atoms with Crippen LogP contribution in [0, 0.1) is 0 Å². The van der Waals surface area contributed by atoms with Crippen LogP contribution in [-0.4, -0.2) is 30.2 Å². The first-order chi connectivity index (χ1) is 8.40. The molecule has 0 spiro atoms. The summed E-state index contributed by atoms with van der Waals surface area (Å²) in [5.74, 6) is -0.240. The molecule has 0 aliphatic heterocycles. The van der Waals surface area contributed by atoms with E-state index in [4.69, 9.17) is 4.74 Å². The summed E-state index contributed by atoms with van der Waals surface area (Å²) in [6, 6.07) is 5.62. The Morgan fingerprint density at radius 3 is 2.50 bits per heavy atom. The summed E-state index contributed by atoms with van der Waals surface area (Å²) >= 11 is 0. The van der Waals surface area contributed by atoms with E-state index in [1.165, 1.54) is 19.4 Å². The van der Waals surface area contributed by atoms with Crippen LogP contribution in [0.3, 0.4) is 0 Å². The highest BCUT2D eigenvalue weighted by Gasteiger charge is 2.25. The lowest BCUT2D eigenvalue weighted by atomic mass is 9.92. The van der Waals surface area contributed by atoms with E-state index in [1.54, 1.807) is 13.2 Å². The second-order valence-corrected chi connectivity index (χ2v) is 4.97. The molecule has 3 nitrogen and oxygen atoms in total. The molecule has 0 amide bonds. The third-order valence-corrected chi connectivity index (χ3v) is 2.98. The maximum absolute atomic E-state index is 12.0. The molecule has 0 aliphatic rings. The van der Waals surface area contributed by atoms with Crippen molar-refractivity contribution < 1.29 is 14.6 Å². The normalized spacial score (nSPS) is 11.6. The highest BCUT2D eigenvalue weighted by atomic mass is 16.5. The number of hydrogen-bond acceptors (Lipinski definition) is 3. The van der Waals surface area contributed by atoms with Crippen molar-refractivity contribution in [2.45, 2.75) is 39.2 Å². The van der Waals surface area contributed by atoms with Crippen LogP contribution < -0.4 is 0 Å². The van der Waals surface area contributed by atoms with Gasteiger partial charge in [0.2, 0.25) is 0 Å². The van der Waals surface area contributed by atoms with Gasteiger partial charge in [0, 0.05) is 12.7 Å². The molecule has 1 rings (SSSR count).